The van der Waals surface area contributed by atoms with Crippen LogP contribution in [-0.2, 0) is 4.74 Å². The first kappa shape index (κ1) is 15.5. The third-order valence-corrected chi connectivity index (χ3v) is 4.99. The molecule has 0 bridgehead atoms. The lowest BCUT2D eigenvalue weighted by molar-refractivity contribution is 0.0607. The molecular weight excluding hydrogens is 342 g/mol. The Labute approximate surface area is 146 Å². The van der Waals surface area contributed by atoms with Gasteiger partial charge in [-0.1, -0.05) is 18.2 Å². The topological polar surface area (TPSA) is 73.9 Å². The van der Waals surface area contributed by atoms with Crippen LogP contribution in [-0.4, -0.2) is 25.8 Å². The molecule has 126 valence electrons. The van der Waals surface area contributed by atoms with Crippen LogP contribution < -0.4 is 14.8 Å². The monoisotopic (exact) mass is 355 g/mol. The molecule has 0 saturated carbocycles. The predicted molar refractivity (Wildman–Crippen MR) is 93.7 cm³/mol. The highest BCUT2D eigenvalue weighted by atomic mass is 32.1. The van der Waals surface area contributed by atoms with E-state index in [-0.39, 0.29) is 12.7 Å². The number of hydrogen-bond donors (Lipinski definition) is 1. The Hall–Kier alpha value is -3.06. The average molecular weight is 355 g/mol. The van der Waals surface area contributed by atoms with Crippen LogP contribution in [0.25, 0.3) is 10.1 Å². The third-order valence-electron chi connectivity index (χ3n) is 3.84. The molecule has 1 aliphatic rings. The van der Waals surface area contributed by atoms with Crippen molar-refractivity contribution < 1.29 is 23.8 Å². The fraction of sp³-hybridized carbons (Fsp3) is 0.111. The molecule has 0 unspecified atom stereocenters. The van der Waals surface area contributed by atoms with Gasteiger partial charge in [-0.3, -0.25) is 4.79 Å². The van der Waals surface area contributed by atoms with Crippen LogP contribution in [0, 0.1) is 0 Å². The summed E-state index contributed by atoms with van der Waals surface area (Å²) in [5, 5.41) is 3.62. The maximum atomic E-state index is 12.7. The van der Waals surface area contributed by atoms with Crippen LogP contribution in [0.15, 0.2) is 42.5 Å². The number of methoxy groups -OCH3 is 1. The van der Waals surface area contributed by atoms with Gasteiger partial charge in [-0.2, -0.15) is 0 Å². The van der Waals surface area contributed by atoms with Gasteiger partial charge in [0.25, 0.3) is 5.91 Å². The SMILES string of the molecule is COC(=O)c1sc2ccccc2c1NC(=O)c1ccc2c(c1)OCO2. The van der Waals surface area contributed by atoms with Gasteiger partial charge in [0, 0.05) is 15.6 Å². The molecule has 6 nitrogen and oxygen atoms in total. The number of esters is 1. The van der Waals surface area contributed by atoms with Gasteiger partial charge < -0.3 is 19.5 Å². The number of fused-ring (bicyclic) bond motifs is 2. The minimum atomic E-state index is -0.484. The second-order valence-electron chi connectivity index (χ2n) is 5.32. The summed E-state index contributed by atoms with van der Waals surface area (Å²) in [6.45, 7) is 0.141. The predicted octanol–water partition coefficient (Wildman–Crippen LogP) is 3.67. The van der Waals surface area contributed by atoms with Crippen molar-refractivity contribution in [1.29, 1.82) is 0 Å². The fourth-order valence-electron chi connectivity index (χ4n) is 2.63. The number of ether oxygens (including phenoxy) is 3. The molecule has 2 aromatic carbocycles. The second kappa shape index (κ2) is 6.10. The molecule has 1 amide bonds. The Kier molecular flexibility index (Phi) is 3.77. The van der Waals surface area contributed by atoms with Crippen LogP contribution in [0.5, 0.6) is 11.5 Å². The summed E-state index contributed by atoms with van der Waals surface area (Å²) in [6, 6.07) is 12.4. The number of benzene rings is 2. The molecule has 7 heteroatoms. The Balaban J connectivity index is 1.72. The van der Waals surface area contributed by atoms with Crippen molar-refractivity contribution in [2.75, 3.05) is 19.2 Å². The van der Waals surface area contributed by atoms with E-state index in [9.17, 15) is 9.59 Å². The lowest BCUT2D eigenvalue weighted by Crippen LogP contribution is -2.14. The number of hydrogen-bond acceptors (Lipinski definition) is 6. The molecule has 0 spiro atoms. The maximum Gasteiger partial charge on any atom is 0.350 e. The van der Waals surface area contributed by atoms with Gasteiger partial charge in [0.05, 0.1) is 12.8 Å². The number of rotatable bonds is 3. The number of anilines is 1. The Morgan fingerprint density at radius 3 is 2.76 bits per heavy atom. The normalized spacial score (nSPS) is 12.2. The van der Waals surface area contributed by atoms with Crippen molar-refractivity contribution in [2.45, 2.75) is 0 Å². The lowest BCUT2D eigenvalue weighted by Gasteiger charge is -2.07. The summed E-state index contributed by atoms with van der Waals surface area (Å²) in [6.07, 6.45) is 0. The van der Waals surface area contributed by atoms with E-state index in [1.54, 1.807) is 18.2 Å². The number of carbonyl (C=O) groups excluding carboxylic acids is 2. The summed E-state index contributed by atoms with van der Waals surface area (Å²) in [5.74, 6) is 0.304. The molecule has 0 saturated heterocycles. The largest absolute Gasteiger partial charge is 0.465 e. The first-order chi connectivity index (χ1) is 12.2. The maximum absolute atomic E-state index is 12.7. The molecule has 2 heterocycles. The van der Waals surface area contributed by atoms with E-state index in [0.717, 1.165) is 10.1 Å². The van der Waals surface area contributed by atoms with Gasteiger partial charge in [0.15, 0.2) is 11.5 Å². The van der Waals surface area contributed by atoms with Crippen LogP contribution in [0.3, 0.4) is 0 Å². The zero-order chi connectivity index (χ0) is 17.4. The van der Waals surface area contributed by atoms with Crippen molar-refractivity contribution in [3.05, 3.63) is 52.9 Å². The van der Waals surface area contributed by atoms with E-state index < -0.39 is 5.97 Å². The smallest absolute Gasteiger partial charge is 0.350 e. The Bertz CT molecular complexity index is 994. The first-order valence-electron chi connectivity index (χ1n) is 7.48. The summed E-state index contributed by atoms with van der Waals surface area (Å²) in [5.41, 5.74) is 0.866. The molecule has 0 atom stereocenters. The van der Waals surface area contributed by atoms with Crippen molar-refractivity contribution in [3.63, 3.8) is 0 Å². The van der Waals surface area contributed by atoms with Gasteiger partial charge in [0.1, 0.15) is 4.88 Å². The number of amides is 1. The van der Waals surface area contributed by atoms with E-state index in [1.165, 1.54) is 18.4 Å². The van der Waals surface area contributed by atoms with Gasteiger partial charge in [-0.25, -0.2) is 4.79 Å². The molecule has 0 radical (unpaired) electrons. The van der Waals surface area contributed by atoms with Gasteiger partial charge in [-0.15, -0.1) is 11.3 Å². The van der Waals surface area contributed by atoms with Crippen molar-refractivity contribution in [3.8, 4) is 11.5 Å². The Morgan fingerprint density at radius 1 is 1.12 bits per heavy atom. The highest BCUT2D eigenvalue weighted by Crippen LogP contribution is 2.37. The van der Waals surface area contributed by atoms with E-state index >= 15 is 0 Å². The summed E-state index contributed by atoms with van der Waals surface area (Å²) in [4.78, 5) is 25.1. The van der Waals surface area contributed by atoms with Crippen LogP contribution >= 0.6 is 11.3 Å². The molecular formula is C18H13NO5S. The summed E-state index contributed by atoms with van der Waals surface area (Å²) < 4.78 is 16.3. The van der Waals surface area contributed by atoms with E-state index in [0.29, 0.717) is 27.6 Å². The van der Waals surface area contributed by atoms with E-state index in [2.05, 4.69) is 5.32 Å². The standard InChI is InChI=1S/C18H13NO5S/c1-22-18(21)16-15(11-4-2-3-5-14(11)25-16)19-17(20)10-6-7-12-13(8-10)24-9-23-12/h2-8H,9H2,1H3,(H,19,20). The molecule has 4 rings (SSSR count). The fourth-order valence-corrected chi connectivity index (χ4v) is 3.71. The minimum absolute atomic E-state index is 0.141. The van der Waals surface area contributed by atoms with E-state index in [1.807, 2.05) is 24.3 Å². The van der Waals surface area contributed by atoms with Gasteiger partial charge >= 0.3 is 5.97 Å². The van der Waals surface area contributed by atoms with Crippen LogP contribution in [0.4, 0.5) is 5.69 Å². The molecule has 0 aliphatic carbocycles. The molecule has 0 fully saturated rings. The van der Waals surface area contributed by atoms with Crippen molar-refractivity contribution in [2.24, 2.45) is 0 Å². The van der Waals surface area contributed by atoms with Gasteiger partial charge in [-0.05, 0) is 24.3 Å². The number of thiophene rings is 1. The van der Waals surface area contributed by atoms with Crippen LogP contribution in [0.2, 0.25) is 0 Å². The molecule has 1 aliphatic heterocycles. The lowest BCUT2D eigenvalue weighted by atomic mass is 10.1. The highest BCUT2D eigenvalue weighted by molar-refractivity contribution is 7.21. The van der Waals surface area contributed by atoms with Crippen LogP contribution in [0.1, 0.15) is 20.0 Å². The second-order valence-corrected chi connectivity index (χ2v) is 6.37. The van der Waals surface area contributed by atoms with Crippen molar-refractivity contribution >= 4 is 39.0 Å². The molecule has 1 N–H and O–H groups in total. The van der Waals surface area contributed by atoms with E-state index in [4.69, 9.17) is 14.2 Å². The summed E-state index contributed by atoms with van der Waals surface area (Å²) >= 11 is 1.28. The highest BCUT2D eigenvalue weighted by Gasteiger charge is 2.22. The molecule has 3 aromatic rings. The molecule has 1 aromatic heterocycles. The third kappa shape index (κ3) is 2.68. The zero-order valence-corrected chi connectivity index (χ0v) is 14.0. The summed E-state index contributed by atoms with van der Waals surface area (Å²) in [7, 11) is 1.32. The zero-order valence-electron chi connectivity index (χ0n) is 13.2. The molecule has 25 heavy (non-hydrogen) atoms. The quantitative estimate of drug-likeness (QED) is 0.726. The first-order valence-corrected chi connectivity index (χ1v) is 8.30. The average Bonchev–Trinajstić information content (AvgIpc) is 3.25. The Morgan fingerprint density at radius 2 is 1.92 bits per heavy atom. The minimum Gasteiger partial charge on any atom is -0.465 e. The van der Waals surface area contributed by atoms with Crippen molar-refractivity contribution in [1.82, 2.24) is 0 Å². The van der Waals surface area contributed by atoms with Gasteiger partial charge in [0.2, 0.25) is 6.79 Å². The number of carbonyl (C=O) groups is 2. The number of nitrogens with one attached hydrogen (secondary N) is 1.